The Balaban J connectivity index is 0.914. The maximum atomic E-state index is 5.15. The Morgan fingerprint density at radius 3 is 0.710 bits per heavy atom. The second kappa shape index (κ2) is 16.8. The van der Waals surface area contributed by atoms with Gasteiger partial charge in [0.15, 0.2) is 0 Å². The van der Waals surface area contributed by atoms with Gasteiger partial charge < -0.3 is 0 Å². The van der Waals surface area contributed by atoms with Gasteiger partial charge in [0.05, 0.1) is 33.1 Å². The van der Waals surface area contributed by atoms with Crippen molar-refractivity contribution in [3.8, 4) is 84.6 Å². The third-order valence-electron chi connectivity index (χ3n) is 13.1. The summed E-state index contributed by atoms with van der Waals surface area (Å²) >= 11 is 0. The van der Waals surface area contributed by atoms with Gasteiger partial charge >= 0.3 is 0 Å². The Morgan fingerprint density at radius 1 is 0.203 bits per heavy atom. The largest absolute Gasteiger partial charge is 0.292 e. The summed E-state index contributed by atoms with van der Waals surface area (Å²) in [6.45, 7) is 0. The summed E-state index contributed by atoms with van der Waals surface area (Å²) in [5.41, 5.74) is 19.2. The number of para-hydroxylation sites is 9. The summed E-state index contributed by atoms with van der Waals surface area (Å²) in [6, 6.07) is 89.9. The second-order valence-corrected chi connectivity index (χ2v) is 17.3. The molecule has 0 saturated carbocycles. The normalized spacial score (nSPS) is 11.5. The second-order valence-electron chi connectivity index (χ2n) is 17.3. The summed E-state index contributed by atoms with van der Waals surface area (Å²) < 4.78 is 6.75. The molecule has 0 aliphatic heterocycles. The molecule has 0 atom stereocenters. The first kappa shape index (κ1) is 39.9. The molecule has 69 heavy (non-hydrogen) atoms. The lowest BCUT2D eigenvalue weighted by Gasteiger charge is -2.14. The Kier molecular flexibility index (Phi) is 9.72. The molecule has 324 valence electrons. The minimum Gasteiger partial charge on any atom is -0.292 e. The molecule has 0 bridgehead atoms. The van der Waals surface area contributed by atoms with Gasteiger partial charge in [-0.15, -0.1) is 0 Å². The fourth-order valence-electron chi connectivity index (χ4n) is 9.74. The molecule has 0 radical (unpaired) electrons. The molecule has 0 saturated heterocycles. The van der Waals surface area contributed by atoms with Gasteiger partial charge in [0.25, 0.3) is 0 Å². The van der Waals surface area contributed by atoms with Crippen molar-refractivity contribution in [1.82, 2.24) is 28.7 Å². The van der Waals surface area contributed by atoms with Crippen LogP contribution in [0.2, 0.25) is 0 Å². The fraction of sp³-hybridized carbons (Fsp3) is 0. The van der Waals surface area contributed by atoms with E-state index in [1.807, 2.05) is 36.4 Å². The lowest BCUT2D eigenvalue weighted by molar-refractivity contribution is 1.10. The van der Waals surface area contributed by atoms with Crippen molar-refractivity contribution in [3.63, 3.8) is 0 Å². The monoisotopic (exact) mass is 882 g/mol. The molecule has 0 spiro atoms. The predicted octanol–water partition coefficient (Wildman–Crippen LogP) is 15.7. The summed E-state index contributed by atoms with van der Waals surface area (Å²) in [6.07, 6.45) is 0. The van der Waals surface area contributed by atoms with Gasteiger partial charge in [-0.3, -0.25) is 13.7 Å². The van der Waals surface area contributed by atoms with Crippen molar-refractivity contribution >= 4 is 33.1 Å². The average Bonchev–Trinajstić information content (AvgIpc) is 4.14. The first-order chi connectivity index (χ1) is 34.2. The molecule has 0 N–H and O–H groups in total. The molecule has 13 rings (SSSR count). The number of rotatable bonds is 9. The van der Waals surface area contributed by atoms with E-state index in [0.717, 1.165) is 118 Å². The smallest absolute Gasteiger partial charge is 0.145 e. The van der Waals surface area contributed by atoms with Crippen LogP contribution < -0.4 is 0 Å². The van der Waals surface area contributed by atoms with E-state index in [-0.39, 0.29) is 0 Å². The zero-order valence-electron chi connectivity index (χ0n) is 37.4. The molecule has 6 heteroatoms. The highest BCUT2D eigenvalue weighted by atomic mass is 15.1. The van der Waals surface area contributed by atoms with Crippen LogP contribution in [0.3, 0.4) is 0 Å². The van der Waals surface area contributed by atoms with Gasteiger partial charge in [-0.05, 0) is 124 Å². The van der Waals surface area contributed by atoms with E-state index in [9.17, 15) is 0 Å². The van der Waals surface area contributed by atoms with Gasteiger partial charge in [-0.25, -0.2) is 15.0 Å². The predicted molar refractivity (Wildman–Crippen MR) is 283 cm³/mol. The number of hydrogen-bond donors (Lipinski definition) is 0. The van der Waals surface area contributed by atoms with Gasteiger partial charge in [-0.1, -0.05) is 164 Å². The van der Waals surface area contributed by atoms with Crippen molar-refractivity contribution in [1.29, 1.82) is 0 Å². The molecule has 0 unspecified atom stereocenters. The number of nitrogens with zero attached hydrogens (tertiary/aromatic N) is 6. The van der Waals surface area contributed by atoms with Gasteiger partial charge in [0.2, 0.25) is 0 Å². The van der Waals surface area contributed by atoms with Crippen molar-refractivity contribution in [2.75, 3.05) is 0 Å². The van der Waals surface area contributed by atoms with Crippen LogP contribution >= 0.6 is 0 Å². The highest BCUT2D eigenvalue weighted by Gasteiger charge is 2.18. The topological polar surface area (TPSA) is 53.5 Å². The lowest BCUT2D eigenvalue weighted by atomic mass is 9.92. The van der Waals surface area contributed by atoms with Gasteiger partial charge in [0.1, 0.15) is 17.5 Å². The lowest BCUT2D eigenvalue weighted by Crippen LogP contribution is -1.97. The number of hydrogen-bond acceptors (Lipinski definition) is 3. The molecule has 0 fully saturated rings. The Bertz CT molecular complexity index is 3530. The molecule has 0 amide bonds. The summed E-state index contributed by atoms with van der Waals surface area (Å²) in [5, 5.41) is 0. The van der Waals surface area contributed by atoms with Crippen LogP contribution in [-0.4, -0.2) is 28.7 Å². The zero-order chi connectivity index (χ0) is 45.7. The average molecular weight is 883 g/mol. The van der Waals surface area contributed by atoms with Crippen molar-refractivity contribution in [3.05, 3.63) is 255 Å². The van der Waals surface area contributed by atoms with Gasteiger partial charge in [-0.2, -0.15) is 0 Å². The minimum absolute atomic E-state index is 0.908. The van der Waals surface area contributed by atoms with Crippen LogP contribution in [0.25, 0.3) is 118 Å². The molecule has 0 aliphatic carbocycles. The first-order valence-electron chi connectivity index (χ1n) is 23.3. The van der Waals surface area contributed by atoms with E-state index in [1.54, 1.807) is 0 Å². The molecule has 0 aliphatic rings. The SMILES string of the molecule is c1ccc(-n2c(-c3ccc(-c4cc(-c5ccc(-c6nc7ccccc7n6-c6ccccc6)cc5)cc(-c5ccc(-c6nc7ccccc7n6-c6ccccc6)cc5)c4)cc3)nc3ccccc32)cc1. The van der Waals surface area contributed by atoms with E-state index in [1.165, 1.54) is 0 Å². The number of aromatic nitrogens is 6. The van der Waals surface area contributed by atoms with Crippen LogP contribution in [0.1, 0.15) is 0 Å². The van der Waals surface area contributed by atoms with Crippen LogP contribution in [0.4, 0.5) is 0 Å². The molecule has 3 aromatic heterocycles. The molecular formula is C63H42N6. The Labute approximate surface area is 399 Å². The van der Waals surface area contributed by atoms with E-state index < -0.39 is 0 Å². The zero-order valence-corrected chi connectivity index (χ0v) is 37.4. The fourth-order valence-corrected chi connectivity index (χ4v) is 9.74. The highest BCUT2D eigenvalue weighted by Crippen LogP contribution is 2.38. The summed E-state index contributed by atoms with van der Waals surface area (Å²) in [5.74, 6) is 2.72. The minimum atomic E-state index is 0.908. The Hall–Kier alpha value is -9.39. The number of imidazole rings is 3. The van der Waals surface area contributed by atoms with E-state index in [4.69, 9.17) is 15.0 Å². The van der Waals surface area contributed by atoms with Gasteiger partial charge in [0, 0.05) is 33.8 Å². The first-order valence-corrected chi connectivity index (χ1v) is 23.3. The van der Waals surface area contributed by atoms with Crippen LogP contribution in [-0.2, 0) is 0 Å². The maximum Gasteiger partial charge on any atom is 0.145 e. The number of fused-ring (bicyclic) bond motifs is 3. The Morgan fingerprint density at radius 2 is 0.435 bits per heavy atom. The molecule has 13 aromatic rings. The van der Waals surface area contributed by atoms with Crippen molar-refractivity contribution < 1.29 is 0 Å². The third-order valence-corrected chi connectivity index (χ3v) is 13.1. The molecule has 3 heterocycles. The van der Waals surface area contributed by atoms with Crippen molar-refractivity contribution in [2.45, 2.75) is 0 Å². The van der Waals surface area contributed by atoms with E-state index in [2.05, 4.69) is 232 Å². The molecule has 10 aromatic carbocycles. The highest BCUT2D eigenvalue weighted by molar-refractivity contribution is 5.88. The number of benzene rings is 10. The van der Waals surface area contributed by atoms with Crippen molar-refractivity contribution in [2.24, 2.45) is 0 Å². The summed E-state index contributed by atoms with van der Waals surface area (Å²) in [7, 11) is 0. The van der Waals surface area contributed by atoms with E-state index in [0.29, 0.717) is 0 Å². The van der Waals surface area contributed by atoms with Crippen LogP contribution in [0, 0.1) is 0 Å². The van der Waals surface area contributed by atoms with Crippen LogP contribution in [0.15, 0.2) is 255 Å². The standard InChI is InChI=1S/C63H42N6/c1-4-16-52(17-5-1)67-58-25-13-10-22-55(58)64-61(67)46-34-28-43(29-35-46)49-40-50(44-30-36-47(37-31-44)62-65-56-23-11-14-26-59(56)68(62)53-18-6-2-7-19-53)42-51(41-49)45-32-38-48(39-33-45)63-66-57-24-12-15-27-60(57)69(63)54-20-8-3-9-21-54/h1-42H. The maximum absolute atomic E-state index is 5.15. The quantitative estimate of drug-likeness (QED) is 0.145. The molecular weight excluding hydrogens is 841 g/mol. The third kappa shape index (κ3) is 7.19. The molecule has 6 nitrogen and oxygen atoms in total. The summed E-state index contributed by atoms with van der Waals surface area (Å²) in [4.78, 5) is 15.4. The van der Waals surface area contributed by atoms with Crippen LogP contribution in [0.5, 0.6) is 0 Å². The van der Waals surface area contributed by atoms with E-state index >= 15 is 0 Å².